The number of hydrogen-bond acceptors (Lipinski definition) is 5. The third-order valence-corrected chi connectivity index (χ3v) is 6.11. The average Bonchev–Trinajstić information content (AvgIpc) is 3.44. The maximum Gasteiger partial charge on any atom is 0.293 e. The molecule has 0 aliphatic heterocycles. The number of para-hydroxylation sites is 1. The molecule has 5 aromatic rings. The van der Waals surface area contributed by atoms with Gasteiger partial charge in [0.2, 0.25) is 0 Å². The van der Waals surface area contributed by atoms with E-state index in [1.807, 2.05) is 61.5 Å². The average molecular weight is 484 g/mol. The zero-order valence-electron chi connectivity index (χ0n) is 19.5. The predicted molar refractivity (Wildman–Crippen MR) is 142 cm³/mol. The molecule has 8 heteroatoms. The van der Waals surface area contributed by atoms with Gasteiger partial charge in [-0.1, -0.05) is 43.7 Å². The lowest BCUT2D eigenvalue weighted by Gasteiger charge is -2.08. The van der Waals surface area contributed by atoms with Crippen LogP contribution in [0.4, 0.5) is 5.69 Å². The minimum atomic E-state index is -0.398. The van der Waals surface area contributed by atoms with Crippen molar-refractivity contribution in [3.8, 4) is 5.69 Å². The number of hydrogen-bond donors (Lipinski definition) is 2. The van der Waals surface area contributed by atoms with Crippen molar-refractivity contribution in [1.82, 2.24) is 20.3 Å². The molecule has 0 radical (unpaired) electrons. The summed E-state index contributed by atoms with van der Waals surface area (Å²) in [6.45, 7) is 4.05. The van der Waals surface area contributed by atoms with Gasteiger partial charge in [0.25, 0.3) is 5.91 Å². The lowest BCUT2D eigenvalue weighted by Crippen LogP contribution is -2.34. The summed E-state index contributed by atoms with van der Waals surface area (Å²) in [5, 5.41) is 16.0. The Kier molecular flexibility index (Phi) is 6.29. The molecule has 35 heavy (non-hydrogen) atoms. The first-order chi connectivity index (χ1) is 17.0. The van der Waals surface area contributed by atoms with Crippen LogP contribution in [0.15, 0.2) is 71.1 Å². The molecule has 0 bridgehead atoms. The molecule has 0 aliphatic carbocycles. The molecule has 0 fully saturated rings. The van der Waals surface area contributed by atoms with Crippen LogP contribution in [0.2, 0.25) is 0 Å². The highest BCUT2D eigenvalue weighted by atomic mass is 32.1. The molecule has 176 valence electrons. The largest absolute Gasteiger partial charge is 0.451 e. The number of fused-ring (bicyclic) bond motifs is 2. The molecular weight excluding hydrogens is 458 g/mol. The van der Waals surface area contributed by atoms with Gasteiger partial charge in [-0.3, -0.25) is 10.1 Å². The molecule has 2 N–H and O–H groups in total. The molecule has 5 rings (SSSR count). The Morgan fingerprint density at radius 3 is 2.57 bits per heavy atom. The lowest BCUT2D eigenvalue weighted by molar-refractivity contribution is 0.0952. The van der Waals surface area contributed by atoms with Crippen molar-refractivity contribution in [3.05, 3.63) is 83.6 Å². The molecule has 3 aromatic carbocycles. The Bertz CT molecular complexity index is 1530. The second-order valence-corrected chi connectivity index (χ2v) is 8.83. The summed E-state index contributed by atoms with van der Waals surface area (Å²) in [6.07, 6.45) is 3.43. The number of unbranched alkanes of at least 4 members (excludes halogenated alkanes) is 1. The smallest absolute Gasteiger partial charge is 0.293 e. The summed E-state index contributed by atoms with van der Waals surface area (Å²) in [4.78, 5) is 14.4. The number of nitrogens with one attached hydrogen (secondary N) is 2. The molecule has 2 aromatic heterocycles. The minimum Gasteiger partial charge on any atom is -0.451 e. The van der Waals surface area contributed by atoms with Gasteiger partial charge >= 0.3 is 0 Å². The molecule has 2 heterocycles. The summed E-state index contributed by atoms with van der Waals surface area (Å²) < 4.78 is 5.72. The molecule has 7 nitrogen and oxygen atoms in total. The molecule has 0 unspecified atom stereocenters. The maximum atomic E-state index is 12.7. The Morgan fingerprint density at radius 2 is 1.80 bits per heavy atom. The number of furan rings is 1. The van der Waals surface area contributed by atoms with Gasteiger partial charge in [0.1, 0.15) is 16.6 Å². The van der Waals surface area contributed by atoms with Gasteiger partial charge in [-0.2, -0.15) is 4.80 Å². The second-order valence-electron chi connectivity index (χ2n) is 8.42. The summed E-state index contributed by atoms with van der Waals surface area (Å²) >= 11 is 5.36. The zero-order valence-corrected chi connectivity index (χ0v) is 20.4. The number of rotatable bonds is 6. The third kappa shape index (κ3) is 4.79. The van der Waals surface area contributed by atoms with Crippen molar-refractivity contribution >= 4 is 50.9 Å². The summed E-state index contributed by atoms with van der Waals surface area (Å²) in [5.74, 6) is -0.153. The zero-order chi connectivity index (χ0) is 24.4. The van der Waals surface area contributed by atoms with E-state index in [0.717, 1.165) is 28.6 Å². The number of benzene rings is 3. The van der Waals surface area contributed by atoms with Crippen LogP contribution < -0.4 is 10.6 Å². The molecule has 1 amide bonds. The number of anilines is 1. The summed E-state index contributed by atoms with van der Waals surface area (Å²) in [5.41, 5.74) is 5.83. The number of nitrogens with zero attached hydrogens (tertiary/aromatic N) is 3. The predicted octanol–water partition coefficient (Wildman–Crippen LogP) is 5.94. The fraction of sp³-hybridized carbons (Fsp3) is 0.185. The van der Waals surface area contributed by atoms with Crippen molar-refractivity contribution in [2.24, 2.45) is 0 Å². The van der Waals surface area contributed by atoms with Gasteiger partial charge in [0.05, 0.1) is 5.69 Å². The van der Waals surface area contributed by atoms with Gasteiger partial charge in [-0.25, -0.2) is 0 Å². The van der Waals surface area contributed by atoms with Crippen molar-refractivity contribution in [1.29, 1.82) is 0 Å². The first-order valence-corrected chi connectivity index (χ1v) is 12.0. The van der Waals surface area contributed by atoms with E-state index in [1.165, 1.54) is 18.4 Å². The standard InChI is InChI=1S/C27H25N5O2S/c1-3-4-7-18-10-13-20(14-11-18)32-30-22-15-12-19(16-23(22)31-32)28-27(35)29-26(33)25-17(2)21-8-5-6-9-24(21)34-25/h5-6,8-16H,3-4,7H2,1-2H3,(H2,28,29,33,35). The van der Waals surface area contributed by atoms with Gasteiger partial charge in [0.15, 0.2) is 10.9 Å². The highest BCUT2D eigenvalue weighted by Crippen LogP contribution is 2.25. The normalized spacial score (nSPS) is 11.1. The van der Waals surface area contributed by atoms with E-state index in [1.54, 1.807) is 4.80 Å². The number of carbonyl (C=O) groups excluding carboxylic acids is 1. The van der Waals surface area contributed by atoms with E-state index in [2.05, 4.69) is 39.9 Å². The Morgan fingerprint density at radius 1 is 1.03 bits per heavy atom. The van der Waals surface area contributed by atoms with Crippen molar-refractivity contribution in [2.75, 3.05) is 5.32 Å². The number of aryl methyl sites for hydroxylation is 2. The van der Waals surface area contributed by atoms with E-state index in [0.29, 0.717) is 16.8 Å². The van der Waals surface area contributed by atoms with E-state index in [-0.39, 0.29) is 10.9 Å². The van der Waals surface area contributed by atoms with Crippen LogP contribution in [0.5, 0.6) is 0 Å². The van der Waals surface area contributed by atoms with E-state index in [9.17, 15) is 4.79 Å². The van der Waals surface area contributed by atoms with Crippen molar-refractivity contribution in [2.45, 2.75) is 33.1 Å². The first kappa shape index (κ1) is 22.7. The molecule has 0 spiro atoms. The quantitative estimate of drug-likeness (QED) is 0.291. The van der Waals surface area contributed by atoms with Gasteiger partial charge < -0.3 is 9.73 Å². The molecular formula is C27H25N5O2S. The Labute approximate surface area is 208 Å². The highest BCUT2D eigenvalue weighted by molar-refractivity contribution is 7.80. The number of amides is 1. The lowest BCUT2D eigenvalue weighted by atomic mass is 10.1. The molecule has 0 aliphatic rings. The topological polar surface area (TPSA) is 85.0 Å². The van der Waals surface area contributed by atoms with Crippen LogP contribution in [0, 0.1) is 6.92 Å². The van der Waals surface area contributed by atoms with Crippen LogP contribution in [-0.4, -0.2) is 26.0 Å². The molecule has 0 saturated heterocycles. The monoisotopic (exact) mass is 483 g/mol. The molecule has 0 atom stereocenters. The second kappa shape index (κ2) is 9.68. The van der Waals surface area contributed by atoms with Crippen LogP contribution in [0.25, 0.3) is 27.7 Å². The number of thiocarbonyl (C=S) groups is 1. The third-order valence-electron chi connectivity index (χ3n) is 5.90. The van der Waals surface area contributed by atoms with Crippen LogP contribution in [-0.2, 0) is 6.42 Å². The minimum absolute atomic E-state index is 0.171. The van der Waals surface area contributed by atoms with E-state index < -0.39 is 5.91 Å². The van der Waals surface area contributed by atoms with Gasteiger partial charge in [-0.05, 0) is 73.9 Å². The maximum absolute atomic E-state index is 12.7. The van der Waals surface area contributed by atoms with E-state index in [4.69, 9.17) is 16.6 Å². The molecule has 0 saturated carbocycles. The van der Waals surface area contributed by atoms with Crippen LogP contribution in [0.1, 0.15) is 41.4 Å². The van der Waals surface area contributed by atoms with Crippen molar-refractivity contribution in [3.63, 3.8) is 0 Å². The summed E-state index contributed by atoms with van der Waals surface area (Å²) in [7, 11) is 0. The van der Waals surface area contributed by atoms with Gasteiger partial charge in [0, 0.05) is 16.6 Å². The first-order valence-electron chi connectivity index (χ1n) is 11.6. The van der Waals surface area contributed by atoms with E-state index >= 15 is 0 Å². The highest BCUT2D eigenvalue weighted by Gasteiger charge is 2.18. The van der Waals surface area contributed by atoms with Crippen LogP contribution >= 0.6 is 12.2 Å². The fourth-order valence-corrected chi connectivity index (χ4v) is 4.21. The van der Waals surface area contributed by atoms with Gasteiger partial charge in [-0.15, -0.1) is 10.2 Å². The Hall–Kier alpha value is -4.04. The Balaban J connectivity index is 1.28. The number of aromatic nitrogens is 3. The van der Waals surface area contributed by atoms with Crippen molar-refractivity contribution < 1.29 is 9.21 Å². The number of carbonyl (C=O) groups is 1. The fourth-order valence-electron chi connectivity index (χ4n) is 4.00. The SMILES string of the molecule is CCCCc1ccc(-n2nc3ccc(NC(=S)NC(=O)c4oc5ccccc5c4C)cc3n2)cc1. The van der Waals surface area contributed by atoms with Crippen LogP contribution in [0.3, 0.4) is 0 Å². The summed E-state index contributed by atoms with van der Waals surface area (Å²) in [6, 6.07) is 21.4.